The number of nitrogens with zero attached hydrogens (tertiary/aromatic N) is 2. The molecule has 2 aliphatic rings. The van der Waals surface area contributed by atoms with Crippen molar-refractivity contribution in [1.82, 2.24) is 10.2 Å². The van der Waals surface area contributed by atoms with Gasteiger partial charge in [-0.1, -0.05) is 60.7 Å². The molecule has 1 atom stereocenters. The summed E-state index contributed by atoms with van der Waals surface area (Å²) in [6.07, 6.45) is -2.41. The summed E-state index contributed by atoms with van der Waals surface area (Å²) in [5, 5.41) is 4.73. The highest BCUT2D eigenvalue weighted by Gasteiger charge is 2.35. The van der Waals surface area contributed by atoms with Gasteiger partial charge in [0, 0.05) is 30.3 Å². The van der Waals surface area contributed by atoms with Gasteiger partial charge < -0.3 is 4.90 Å². The highest BCUT2D eigenvalue weighted by atomic mass is 19.4. The molecular weight excluding hydrogens is 437 g/mol. The summed E-state index contributed by atoms with van der Waals surface area (Å²) in [5.41, 5.74) is 4.93. The van der Waals surface area contributed by atoms with Crippen LogP contribution in [-0.2, 0) is 24.1 Å². The smallest absolute Gasteiger partial charge is 0.334 e. The predicted octanol–water partition coefficient (Wildman–Crippen LogP) is 6.70. The van der Waals surface area contributed by atoms with E-state index in [4.69, 9.17) is 5.32 Å². The molecule has 5 rings (SSSR count). The van der Waals surface area contributed by atoms with Crippen LogP contribution in [0, 0.1) is 5.92 Å². The molecule has 1 heterocycles. The molecular formula is C28H24F3N2O. The topological polar surface area (TPSA) is 34.4 Å². The second-order valence-electron chi connectivity index (χ2n) is 8.87. The van der Waals surface area contributed by atoms with E-state index >= 15 is 0 Å². The molecule has 0 saturated heterocycles. The number of para-hydroxylation sites is 1. The first kappa shape index (κ1) is 22.3. The van der Waals surface area contributed by atoms with Crippen molar-refractivity contribution in [2.45, 2.75) is 38.5 Å². The Morgan fingerprint density at radius 2 is 1.62 bits per heavy atom. The highest BCUT2D eigenvalue weighted by Crippen LogP contribution is 2.44. The van der Waals surface area contributed by atoms with Crippen molar-refractivity contribution in [1.29, 1.82) is 0 Å². The van der Waals surface area contributed by atoms with E-state index in [0.29, 0.717) is 24.9 Å². The molecule has 1 radical (unpaired) electrons. The van der Waals surface area contributed by atoms with E-state index in [9.17, 15) is 18.0 Å². The van der Waals surface area contributed by atoms with Crippen LogP contribution in [0.5, 0.6) is 0 Å². The van der Waals surface area contributed by atoms with Crippen LogP contribution in [0.4, 0.5) is 18.9 Å². The van der Waals surface area contributed by atoms with Crippen molar-refractivity contribution in [2.24, 2.45) is 5.92 Å². The average molecular weight is 462 g/mol. The summed E-state index contributed by atoms with van der Waals surface area (Å²) >= 11 is 0. The van der Waals surface area contributed by atoms with Gasteiger partial charge in [-0.15, -0.1) is 0 Å². The molecule has 1 aliphatic carbocycles. The zero-order valence-corrected chi connectivity index (χ0v) is 18.6. The number of allylic oxidation sites excluding steroid dienone is 2. The first-order chi connectivity index (χ1) is 16.4. The Morgan fingerprint density at radius 3 is 2.41 bits per heavy atom. The van der Waals surface area contributed by atoms with Crippen molar-refractivity contribution in [2.75, 3.05) is 0 Å². The number of alkyl halides is 3. The van der Waals surface area contributed by atoms with Crippen LogP contribution in [0.3, 0.4) is 0 Å². The Hall–Kier alpha value is -3.54. The molecule has 1 unspecified atom stereocenters. The predicted molar refractivity (Wildman–Crippen MR) is 125 cm³/mol. The van der Waals surface area contributed by atoms with Gasteiger partial charge in [-0.3, -0.25) is 10.1 Å². The van der Waals surface area contributed by atoms with Gasteiger partial charge in [0.25, 0.3) is 0 Å². The average Bonchev–Trinajstić information content (AvgIpc) is 3.21. The molecule has 34 heavy (non-hydrogen) atoms. The van der Waals surface area contributed by atoms with Gasteiger partial charge in [-0.05, 0) is 54.2 Å². The Balaban J connectivity index is 1.40. The summed E-state index contributed by atoms with van der Waals surface area (Å²) in [5.74, 6) is -0.258. The molecule has 1 amide bonds. The lowest BCUT2D eigenvalue weighted by molar-refractivity contribution is -0.137. The molecule has 3 aromatic rings. The van der Waals surface area contributed by atoms with Crippen molar-refractivity contribution in [3.05, 3.63) is 107 Å². The molecule has 3 nitrogen and oxygen atoms in total. The highest BCUT2D eigenvalue weighted by molar-refractivity contribution is 5.87. The summed E-state index contributed by atoms with van der Waals surface area (Å²) < 4.78 is 39.8. The van der Waals surface area contributed by atoms with Gasteiger partial charge in [0.15, 0.2) is 0 Å². The third-order valence-corrected chi connectivity index (χ3v) is 6.52. The number of carbonyl (C=O) groups is 1. The third kappa shape index (κ3) is 4.58. The number of fused-ring (bicyclic) bond motifs is 2. The van der Waals surface area contributed by atoms with E-state index in [1.165, 1.54) is 6.07 Å². The Kier molecular flexibility index (Phi) is 5.90. The van der Waals surface area contributed by atoms with Crippen molar-refractivity contribution < 1.29 is 18.0 Å². The maximum atomic E-state index is 13.7. The molecule has 173 valence electrons. The number of carbonyl (C=O) groups excluding carboxylic acids is 1. The SMILES string of the molecule is O=C(C1CCC2=C(C1)c1ccccc1[N]2)N(Cc1ccccc1)Cc1cccc(C(F)(F)F)c1. The minimum Gasteiger partial charge on any atom is -0.334 e. The lowest BCUT2D eigenvalue weighted by Crippen LogP contribution is -2.36. The molecule has 0 N–H and O–H groups in total. The van der Waals surface area contributed by atoms with Gasteiger partial charge in [-0.25, -0.2) is 0 Å². The van der Waals surface area contributed by atoms with E-state index in [1.807, 2.05) is 54.6 Å². The Morgan fingerprint density at radius 1 is 0.912 bits per heavy atom. The van der Waals surface area contributed by atoms with Gasteiger partial charge in [0.2, 0.25) is 5.91 Å². The molecule has 0 spiro atoms. The number of hydrogen-bond donors (Lipinski definition) is 0. The molecule has 6 heteroatoms. The Labute approximate surface area is 196 Å². The van der Waals surface area contributed by atoms with Crippen molar-refractivity contribution in [3.63, 3.8) is 0 Å². The fourth-order valence-electron chi connectivity index (χ4n) is 4.84. The fourth-order valence-corrected chi connectivity index (χ4v) is 4.84. The maximum Gasteiger partial charge on any atom is 0.416 e. The summed E-state index contributed by atoms with van der Waals surface area (Å²) in [7, 11) is 0. The van der Waals surface area contributed by atoms with E-state index in [2.05, 4.69) is 0 Å². The second-order valence-corrected chi connectivity index (χ2v) is 8.87. The second kappa shape index (κ2) is 9.01. The molecule has 3 aromatic carbocycles. The van der Waals surface area contributed by atoms with Crippen LogP contribution >= 0.6 is 0 Å². The van der Waals surface area contributed by atoms with Crippen LogP contribution < -0.4 is 5.32 Å². The van der Waals surface area contributed by atoms with Gasteiger partial charge >= 0.3 is 6.18 Å². The van der Waals surface area contributed by atoms with Gasteiger partial charge in [0.1, 0.15) is 0 Å². The van der Waals surface area contributed by atoms with Crippen LogP contribution in [0.1, 0.15) is 41.5 Å². The third-order valence-electron chi connectivity index (χ3n) is 6.52. The van der Waals surface area contributed by atoms with E-state index < -0.39 is 11.7 Å². The summed E-state index contributed by atoms with van der Waals surface area (Å²) in [6, 6.07) is 22.8. The standard InChI is InChI=1S/C28H24F3N2O/c29-28(30,31)22-10-6-9-20(15-22)18-33(17-19-7-2-1-3-8-19)27(34)21-13-14-26-24(16-21)23-11-4-5-12-25(23)32-26/h1-12,15,21H,13-14,16-18H2. The van der Waals surface area contributed by atoms with Crippen LogP contribution in [0.15, 0.2) is 84.6 Å². The monoisotopic (exact) mass is 461 g/mol. The number of amides is 1. The summed E-state index contributed by atoms with van der Waals surface area (Å²) in [4.78, 5) is 15.4. The number of hydrogen-bond acceptors (Lipinski definition) is 1. The minimum atomic E-state index is -4.42. The van der Waals surface area contributed by atoms with Crippen LogP contribution in [0.25, 0.3) is 5.57 Å². The quantitative estimate of drug-likeness (QED) is 0.417. The zero-order chi connectivity index (χ0) is 23.7. The zero-order valence-electron chi connectivity index (χ0n) is 18.6. The number of benzene rings is 3. The first-order valence-electron chi connectivity index (χ1n) is 11.4. The molecule has 0 bridgehead atoms. The van der Waals surface area contributed by atoms with E-state index in [-0.39, 0.29) is 18.4 Å². The van der Waals surface area contributed by atoms with E-state index in [1.54, 1.807) is 11.0 Å². The fraction of sp³-hybridized carbons (Fsp3) is 0.250. The lowest BCUT2D eigenvalue weighted by Gasteiger charge is -2.30. The lowest BCUT2D eigenvalue weighted by atomic mass is 9.84. The largest absolute Gasteiger partial charge is 0.416 e. The minimum absolute atomic E-state index is 0.0304. The molecule has 0 fully saturated rings. The van der Waals surface area contributed by atoms with Gasteiger partial charge in [-0.2, -0.15) is 13.2 Å². The van der Waals surface area contributed by atoms with Crippen LogP contribution in [-0.4, -0.2) is 10.8 Å². The molecule has 0 aromatic heterocycles. The van der Waals surface area contributed by atoms with Gasteiger partial charge in [0.05, 0.1) is 11.3 Å². The molecule has 1 aliphatic heterocycles. The van der Waals surface area contributed by atoms with Crippen molar-refractivity contribution >= 4 is 17.2 Å². The van der Waals surface area contributed by atoms with Crippen LogP contribution in [0.2, 0.25) is 0 Å². The summed E-state index contributed by atoms with van der Waals surface area (Å²) in [6.45, 7) is 0.473. The number of rotatable bonds is 5. The molecule has 0 saturated carbocycles. The maximum absolute atomic E-state index is 13.7. The Bertz CT molecular complexity index is 1230. The normalized spacial score (nSPS) is 17.1. The van der Waals surface area contributed by atoms with E-state index in [0.717, 1.165) is 46.6 Å². The first-order valence-corrected chi connectivity index (χ1v) is 11.4. The number of halogens is 3. The van der Waals surface area contributed by atoms with Crippen molar-refractivity contribution in [3.8, 4) is 0 Å².